The Morgan fingerprint density at radius 3 is 2.37 bits per heavy atom. The van der Waals surface area contributed by atoms with Crippen molar-refractivity contribution in [1.82, 2.24) is 10.4 Å². The second-order valence-electron chi connectivity index (χ2n) is 7.18. The van der Waals surface area contributed by atoms with E-state index in [-0.39, 0.29) is 11.8 Å². The third-order valence-electron chi connectivity index (χ3n) is 5.09. The van der Waals surface area contributed by atoms with Gasteiger partial charge in [0.2, 0.25) is 0 Å². The number of hydrogen-bond donors (Lipinski definition) is 2. The second-order valence-corrected chi connectivity index (χ2v) is 7.18. The summed E-state index contributed by atoms with van der Waals surface area (Å²) in [6.07, 6.45) is -1.43. The predicted molar refractivity (Wildman–Crippen MR) is 104 cm³/mol. The average Bonchev–Trinajstić information content (AvgIpc) is 3.13. The number of amides is 2. The van der Waals surface area contributed by atoms with Crippen LogP contribution < -0.4 is 15.5 Å². The molecule has 2 N–H and O–H groups in total. The van der Waals surface area contributed by atoms with Crippen LogP contribution in [0, 0.1) is 0 Å². The van der Waals surface area contributed by atoms with Crippen molar-refractivity contribution in [2.75, 3.05) is 18.4 Å². The molecule has 0 aliphatic carbocycles. The molecule has 0 atom stereocenters. The van der Waals surface area contributed by atoms with Crippen LogP contribution in [0.1, 0.15) is 18.4 Å². The van der Waals surface area contributed by atoms with E-state index in [2.05, 4.69) is 21.6 Å². The second kappa shape index (κ2) is 7.91. The molecule has 2 aliphatic rings. The number of urea groups is 1. The Balaban J connectivity index is 1.32. The number of alkyl halides is 3. The molecule has 1 saturated heterocycles. The van der Waals surface area contributed by atoms with Crippen molar-refractivity contribution in [2.45, 2.75) is 24.8 Å². The number of piperidine rings is 1. The Labute approximate surface area is 171 Å². The first-order valence-corrected chi connectivity index (χ1v) is 9.46. The van der Waals surface area contributed by atoms with Gasteiger partial charge in [-0.3, -0.25) is 10.3 Å². The minimum atomic E-state index is -4.75. The fraction of sp³-hybridized carbons (Fsp3) is 0.286. The SMILES string of the molecule is O=C(Nc1ccc(OC(F)(F)F)cc1)N1CCC2(C=C(c3ccccc3)NO2)CC1. The number of nitrogens with zero attached hydrogens (tertiary/aromatic N) is 1. The molecule has 0 radical (unpaired) electrons. The molecule has 2 amide bonds. The number of halogens is 3. The van der Waals surface area contributed by atoms with Gasteiger partial charge in [0, 0.05) is 31.6 Å². The van der Waals surface area contributed by atoms with Crippen LogP contribution in [0.4, 0.5) is 23.7 Å². The average molecular weight is 419 g/mol. The highest BCUT2D eigenvalue weighted by atomic mass is 19.4. The number of carbonyl (C=O) groups is 1. The van der Waals surface area contributed by atoms with E-state index in [0.717, 1.165) is 23.4 Å². The van der Waals surface area contributed by atoms with Crippen LogP contribution in [0.2, 0.25) is 0 Å². The lowest BCUT2D eigenvalue weighted by Gasteiger charge is -2.36. The lowest BCUT2D eigenvalue weighted by Crippen LogP contribution is -2.48. The van der Waals surface area contributed by atoms with Crippen molar-refractivity contribution in [3.8, 4) is 5.75 Å². The maximum Gasteiger partial charge on any atom is 0.573 e. The van der Waals surface area contributed by atoms with E-state index in [1.54, 1.807) is 4.90 Å². The van der Waals surface area contributed by atoms with E-state index < -0.39 is 12.0 Å². The van der Waals surface area contributed by atoms with E-state index >= 15 is 0 Å². The molecule has 6 nitrogen and oxygen atoms in total. The largest absolute Gasteiger partial charge is 0.573 e. The smallest absolute Gasteiger partial charge is 0.406 e. The predicted octanol–water partition coefficient (Wildman–Crippen LogP) is 4.53. The summed E-state index contributed by atoms with van der Waals surface area (Å²) in [5, 5.41) is 2.69. The molecular weight excluding hydrogens is 399 g/mol. The van der Waals surface area contributed by atoms with Gasteiger partial charge in [-0.05, 0) is 35.9 Å². The number of ether oxygens (including phenoxy) is 1. The van der Waals surface area contributed by atoms with Gasteiger partial charge in [0.1, 0.15) is 11.4 Å². The zero-order chi connectivity index (χ0) is 21.2. The fourth-order valence-corrected chi connectivity index (χ4v) is 3.52. The monoisotopic (exact) mass is 419 g/mol. The highest BCUT2D eigenvalue weighted by Gasteiger charge is 2.40. The third-order valence-corrected chi connectivity index (χ3v) is 5.09. The number of rotatable bonds is 3. The summed E-state index contributed by atoms with van der Waals surface area (Å²) in [7, 11) is 0. The quantitative estimate of drug-likeness (QED) is 0.768. The Hall–Kier alpha value is -3.20. The van der Waals surface area contributed by atoms with Gasteiger partial charge in [0.25, 0.3) is 0 Å². The molecule has 0 unspecified atom stereocenters. The lowest BCUT2D eigenvalue weighted by atomic mass is 9.90. The van der Waals surface area contributed by atoms with Gasteiger partial charge in [-0.1, -0.05) is 30.3 Å². The molecule has 30 heavy (non-hydrogen) atoms. The summed E-state index contributed by atoms with van der Waals surface area (Å²) in [5.41, 5.74) is 4.86. The summed E-state index contributed by atoms with van der Waals surface area (Å²) in [5.74, 6) is -0.340. The van der Waals surface area contributed by atoms with Crippen molar-refractivity contribution in [1.29, 1.82) is 0 Å². The Kier molecular flexibility index (Phi) is 5.29. The number of likely N-dealkylation sites (tertiary alicyclic amines) is 1. The summed E-state index contributed by atoms with van der Waals surface area (Å²) in [6, 6.07) is 14.6. The van der Waals surface area contributed by atoms with Gasteiger partial charge in [-0.15, -0.1) is 13.2 Å². The highest BCUT2D eigenvalue weighted by molar-refractivity contribution is 5.89. The zero-order valence-corrected chi connectivity index (χ0v) is 15.9. The molecule has 1 spiro atoms. The molecule has 2 heterocycles. The standard InChI is InChI=1S/C21H20F3N3O3/c22-21(23,24)29-17-8-6-16(7-9-17)25-19(28)27-12-10-20(11-13-27)14-18(26-30-20)15-4-2-1-3-5-15/h1-9,14,26H,10-13H2,(H,25,28). The van der Waals surface area contributed by atoms with Crippen LogP contribution in [0.25, 0.3) is 5.70 Å². The number of benzene rings is 2. The lowest BCUT2D eigenvalue weighted by molar-refractivity contribution is -0.274. The van der Waals surface area contributed by atoms with E-state index in [9.17, 15) is 18.0 Å². The van der Waals surface area contributed by atoms with Crippen molar-refractivity contribution in [3.63, 3.8) is 0 Å². The Morgan fingerprint density at radius 2 is 1.73 bits per heavy atom. The minimum absolute atomic E-state index is 0.312. The van der Waals surface area contributed by atoms with Gasteiger partial charge >= 0.3 is 12.4 Å². The maximum absolute atomic E-state index is 12.5. The Bertz CT molecular complexity index is 922. The molecule has 9 heteroatoms. The van der Waals surface area contributed by atoms with Crippen molar-refractivity contribution in [2.24, 2.45) is 0 Å². The summed E-state index contributed by atoms with van der Waals surface area (Å²) in [4.78, 5) is 20.0. The first kappa shape index (κ1) is 20.1. The number of nitrogens with one attached hydrogen (secondary N) is 2. The van der Waals surface area contributed by atoms with Crippen molar-refractivity contribution < 1.29 is 27.5 Å². The molecule has 0 saturated carbocycles. The van der Waals surface area contributed by atoms with Crippen molar-refractivity contribution >= 4 is 17.4 Å². The molecule has 0 aromatic heterocycles. The highest BCUT2D eigenvalue weighted by Crippen LogP contribution is 2.34. The van der Waals surface area contributed by atoms with Gasteiger partial charge in [0.15, 0.2) is 0 Å². The topological polar surface area (TPSA) is 62.8 Å². The molecular formula is C21H20F3N3O3. The summed E-state index contributed by atoms with van der Waals surface area (Å²) in [6.45, 7) is 0.975. The third kappa shape index (κ3) is 4.68. The summed E-state index contributed by atoms with van der Waals surface area (Å²) < 4.78 is 40.5. The molecule has 2 aromatic rings. The zero-order valence-electron chi connectivity index (χ0n) is 15.9. The maximum atomic E-state index is 12.5. The number of hydrogen-bond acceptors (Lipinski definition) is 4. The van der Waals surface area contributed by atoms with E-state index in [4.69, 9.17) is 4.84 Å². The fourth-order valence-electron chi connectivity index (χ4n) is 3.52. The molecule has 1 fully saturated rings. The minimum Gasteiger partial charge on any atom is -0.406 e. The number of carbonyl (C=O) groups excluding carboxylic acids is 1. The van der Waals surface area contributed by atoms with Gasteiger partial charge in [-0.25, -0.2) is 4.79 Å². The van der Waals surface area contributed by atoms with Crippen LogP contribution >= 0.6 is 0 Å². The molecule has 2 aromatic carbocycles. The van der Waals surface area contributed by atoms with E-state index in [1.807, 2.05) is 30.3 Å². The summed E-state index contributed by atoms with van der Waals surface area (Å²) >= 11 is 0. The first-order valence-electron chi connectivity index (χ1n) is 9.46. The number of hydroxylamine groups is 1. The van der Waals surface area contributed by atoms with Gasteiger partial charge in [0.05, 0.1) is 5.70 Å². The van der Waals surface area contributed by atoms with Crippen LogP contribution in [0.3, 0.4) is 0 Å². The van der Waals surface area contributed by atoms with Crippen LogP contribution in [-0.2, 0) is 4.84 Å². The number of anilines is 1. The van der Waals surface area contributed by atoms with Crippen molar-refractivity contribution in [3.05, 3.63) is 66.2 Å². The van der Waals surface area contributed by atoms with Crippen LogP contribution in [0.15, 0.2) is 60.7 Å². The molecule has 0 bridgehead atoms. The molecule has 2 aliphatic heterocycles. The van der Waals surface area contributed by atoms with Crippen LogP contribution in [-0.4, -0.2) is 36.0 Å². The molecule has 158 valence electrons. The van der Waals surface area contributed by atoms with Gasteiger partial charge in [-0.2, -0.15) is 0 Å². The van der Waals surface area contributed by atoms with Crippen LogP contribution in [0.5, 0.6) is 5.75 Å². The Morgan fingerprint density at radius 1 is 1.07 bits per heavy atom. The van der Waals surface area contributed by atoms with E-state index in [0.29, 0.717) is 31.6 Å². The molecule has 4 rings (SSSR count). The van der Waals surface area contributed by atoms with E-state index in [1.165, 1.54) is 12.1 Å². The van der Waals surface area contributed by atoms with Gasteiger partial charge < -0.3 is 15.0 Å². The first-order chi connectivity index (χ1) is 14.3. The normalized spacial score (nSPS) is 18.0.